The van der Waals surface area contributed by atoms with Crippen molar-refractivity contribution in [2.24, 2.45) is 5.92 Å². The van der Waals surface area contributed by atoms with E-state index in [1.54, 1.807) is 24.6 Å². The minimum absolute atomic E-state index is 0.0101. The van der Waals surface area contributed by atoms with Gasteiger partial charge in [0.1, 0.15) is 5.75 Å². The van der Waals surface area contributed by atoms with Crippen LogP contribution >= 0.6 is 11.3 Å². The minimum atomic E-state index is -2.93. The van der Waals surface area contributed by atoms with Crippen molar-refractivity contribution in [3.63, 3.8) is 0 Å². The van der Waals surface area contributed by atoms with Crippen LogP contribution in [0.4, 0.5) is 13.9 Å². The van der Waals surface area contributed by atoms with Gasteiger partial charge in [0, 0.05) is 18.0 Å². The quantitative estimate of drug-likeness (QED) is 0.515. The number of carboxylic acids is 1. The van der Waals surface area contributed by atoms with Crippen LogP contribution in [0.3, 0.4) is 0 Å². The average Bonchev–Trinajstić information content (AvgIpc) is 3.23. The Kier molecular flexibility index (Phi) is 7.30. The maximum atomic E-state index is 13.0. The Balaban J connectivity index is 1.78. The van der Waals surface area contributed by atoms with Crippen molar-refractivity contribution in [3.8, 4) is 17.0 Å². The van der Waals surface area contributed by atoms with E-state index in [0.29, 0.717) is 22.8 Å². The zero-order valence-corrected chi connectivity index (χ0v) is 17.4. The molecule has 162 valence electrons. The lowest BCUT2D eigenvalue weighted by atomic mass is 9.95. The van der Waals surface area contributed by atoms with Crippen LogP contribution in [0.15, 0.2) is 60.0 Å². The molecule has 1 amide bonds. The van der Waals surface area contributed by atoms with Crippen molar-refractivity contribution in [1.82, 2.24) is 4.98 Å². The second kappa shape index (κ2) is 10.1. The summed E-state index contributed by atoms with van der Waals surface area (Å²) in [5.41, 5.74) is 1.93. The monoisotopic (exact) mass is 446 g/mol. The number of alkyl halides is 2. The van der Waals surface area contributed by atoms with Crippen LogP contribution in [-0.4, -0.2) is 35.6 Å². The van der Waals surface area contributed by atoms with Crippen LogP contribution in [-0.2, 0) is 16.0 Å². The number of hydrogen-bond acceptors (Lipinski definition) is 5. The number of hydrogen-bond donors (Lipinski definition) is 1. The van der Waals surface area contributed by atoms with E-state index in [1.807, 2.05) is 30.3 Å². The fourth-order valence-corrected chi connectivity index (χ4v) is 3.91. The van der Waals surface area contributed by atoms with Crippen LogP contribution in [0.5, 0.6) is 5.75 Å². The van der Waals surface area contributed by atoms with Gasteiger partial charge in [-0.2, -0.15) is 8.78 Å². The van der Waals surface area contributed by atoms with Crippen LogP contribution in [0.25, 0.3) is 11.3 Å². The molecular formula is C22H20F2N2O4S. The maximum absolute atomic E-state index is 13.0. The zero-order valence-electron chi connectivity index (χ0n) is 16.6. The van der Waals surface area contributed by atoms with E-state index >= 15 is 0 Å². The number of thiazole rings is 1. The second-order valence-corrected chi connectivity index (χ2v) is 7.64. The van der Waals surface area contributed by atoms with Gasteiger partial charge in [-0.15, -0.1) is 11.3 Å². The van der Waals surface area contributed by atoms with Crippen LogP contribution in [0.1, 0.15) is 12.0 Å². The second-order valence-electron chi connectivity index (χ2n) is 6.80. The Bertz CT molecular complexity index is 1040. The molecule has 0 aliphatic heterocycles. The summed E-state index contributed by atoms with van der Waals surface area (Å²) in [7, 11) is 1.54. The number of amides is 1. The summed E-state index contributed by atoms with van der Waals surface area (Å²) in [5.74, 6) is -2.16. The molecule has 0 aliphatic rings. The number of carbonyl (C=O) groups is 2. The normalized spacial score (nSPS) is 11.9. The van der Waals surface area contributed by atoms with E-state index in [4.69, 9.17) is 0 Å². The van der Waals surface area contributed by atoms with Gasteiger partial charge in [-0.1, -0.05) is 42.5 Å². The molecule has 0 radical (unpaired) electrons. The fourth-order valence-electron chi connectivity index (χ4n) is 3.11. The molecule has 3 rings (SSSR count). The SMILES string of the molecule is CN(C(=O)C(CC(=O)O)Cc1ccccc1)c1nc(-c2cccc(OC(F)F)c2)cs1. The number of aliphatic carboxylic acids is 1. The van der Waals surface area contributed by atoms with Crippen LogP contribution < -0.4 is 9.64 Å². The summed E-state index contributed by atoms with van der Waals surface area (Å²) in [6.45, 7) is -2.93. The van der Waals surface area contributed by atoms with Gasteiger partial charge in [-0.3, -0.25) is 14.5 Å². The molecule has 1 atom stereocenters. The molecule has 1 unspecified atom stereocenters. The van der Waals surface area contributed by atoms with Crippen molar-refractivity contribution in [3.05, 3.63) is 65.5 Å². The maximum Gasteiger partial charge on any atom is 0.387 e. The van der Waals surface area contributed by atoms with E-state index in [2.05, 4.69) is 9.72 Å². The predicted molar refractivity (Wildman–Crippen MR) is 113 cm³/mol. The summed E-state index contributed by atoms with van der Waals surface area (Å²) in [4.78, 5) is 30.1. The van der Waals surface area contributed by atoms with E-state index in [0.717, 1.165) is 5.56 Å². The van der Waals surface area contributed by atoms with Gasteiger partial charge in [0.2, 0.25) is 5.91 Å². The molecule has 0 spiro atoms. The third-order valence-electron chi connectivity index (χ3n) is 4.56. The van der Waals surface area contributed by atoms with Crippen molar-refractivity contribution in [1.29, 1.82) is 0 Å². The Morgan fingerprint density at radius 1 is 1.16 bits per heavy atom. The standard InChI is InChI=1S/C22H20F2N2O4S/c1-26(20(29)16(12-19(27)28)10-14-6-3-2-4-7-14)22-25-18(13-31-22)15-8-5-9-17(11-15)30-21(23)24/h2-9,11,13,16,21H,10,12H2,1H3,(H,27,28). The Labute approximate surface area is 181 Å². The number of carbonyl (C=O) groups excluding carboxylic acids is 1. The number of carboxylic acid groups (broad SMARTS) is 1. The number of aromatic nitrogens is 1. The van der Waals surface area contributed by atoms with Gasteiger partial charge in [0.05, 0.1) is 18.0 Å². The van der Waals surface area contributed by atoms with Crippen LogP contribution in [0.2, 0.25) is 0 Å². The molecule has 0 bridgehead atoms. The third kappa shape index (κ3) is 6.08. The van der Waals surface area contributed by atoms with Crippen LogP contribution in [0, 0.1) is 5.92 Å². The summed E-state index contributed by atoms with van der Waals surface area (Å²) in [5, 5.41) is 11.3. The molecule has 6 nitrogen and oxygen atoms in total. The first-order valence-corrected chi connectivity index (χ1v) is 10.3. The van der Waals surface area contributed by atoms with Gasteiger partial charge in [-0.05, 0) is 24.1 Å². The molecule has 1 N–H and O–H groups in total. The predicted octanol–water partition coefficient (Wildman–Crippen LogP) is 4.71. The summed E-state index contributed by atoms with van der Waals surface area (Å²) < 4.78 is 29.3. The number of benzene rings is 2. The smallest absolute Gasteiger partial charge is 0.387 e. The highest BCUT2D eigenvalue weighted by Gasteiger charge is 2.27. The summed E-state index contributed by atoms with van der Waals surface area (Å²) >= 11 is 1.20. The Morgan fingerprint density at radius 2 is 1.90 bits per heavy atom. The highest BCUT2D eigenvalue weighted by molar-refractivity contribution is 7.14. The van der Waals surface area contributed by atoms with Crippen molar-refractivity contribution < 1.29 is 28.2 Å². The lowest BCUT2D eigenvalue weighted by molar-refractivity contribution is -0.140. The number of nitrogens with zero attached hydrogens (tertiary/aromatic N) is 2. The molecule has 0 saturated carbocycles. The first kappa shape index (κ1) is 22.4. The number of ether oxygens (including phenoxy) is 1. The average molecular weight is 446 g/mol. The molecule has 0 saturated heterocycles. The molecule has 0 aliphatic carbocycles. The largest absolute Gasteiger partial charge is 0.481 e. The van der Waals surface area contributed by atoms with Gasteiger partial charge in [0.15, 0.2) is 5.13 Å². The first-order chi connectivity index (χ1) is 14.8. The van der Waals surface area contributed by atoms with Gasteiger partial charge in [0.25, 0.3) is 0 Å². The molecule has 3 aromatic rings. The van der Waals surface area contributed by atoms with E-state index in [1.165, 1.54) is 28.4 Å². The van der Waals surface area contributed by atoms with Gasteiger partial charge in [-0.25, -0.2) is 4.98 Å². The number of rotatable bonds is 9. The molecule has 1 aromatic heterocycles. The molecule has 1 heterocycles. The fraction of sp³-hybridized carbons (Fsp3) is 0.227. The molecule has 31 heavy (non-hydrogen) atoms. The summed E-state index contributed by atoms with van der Waals surface area (Å²) in [6, 6.07) is 15.3. The molecular weight excluding hydrogens is 426 g/mol. The van der Waals surface area contributed by atoms with Crippen molar-refractivity contribution in [2.45, 2.75) is 19.5 Å². The van der Waals surface area contributed by atoms with E-state index in [9.17, 15) is 23.5 Å². The summed E-state index contributed by atoms with van der Waals surface area (Å²) in [6.07, 6.45) is -0.00906. The third-order valence-corrected chi connectivity index (χ3v) is 5.48. The van der Waals surface area contributed by atoms with Gasteiger partial charge < -0.3 is 9.84 Å². The topological polar surface area (TPSA) is 79.7 Å². The minimum Gasteiger partial charge on any atom is -0.481 e. The van der Waals surface area contributed by atoms with Crippen molar-refractivity contribution >= 4 is 28.3 Å². The zero-order chi connectivity index (χ0) is 22.4. The van der Waals surface area contributed by atoms with Gasteiger partial charge >= 0.3 is 12.6 Å². The lowest BCUT2D eigenvalue weighted by Crippen LogP contribution is -2.35. The van der Waals surface area contributed by atoms with Crippen molar-refractivity contribution in [2.75, 3.05) is 11.9 Å². The Hall–Kier alpha value is -3.33. The lowest BCUT2D eigenvalue weighted by Gasteiger charge is -2.21. The highest BCUT2D eigenvalue weighted by Crippen LogP contribution is 2.30. The first-order valence-electron chi connectivity index (χ1n) is 9.37. The molecule has 2 aromatic carbocycles. The van der Waals surface area contributed by atoms with E-state index in [-0.39, 0.29) is 18.1 Å². The Morgan fingerprint density at radius 3 is 2.58 bits per heavy atom. The number of anilines is 1. The highest BCUT2D eigenvalue weighted by atomic mass is 32.1. The molecule has 0 fully saturated rings. The van der Waals surface area contributed by atoms with E-state index < -0.39 is 18.5 Å². The molecule has 9 heteroatoms. The number of halogens is 2.